The summed E-state index contributed by atoms with van der Waals surface area (Å²) >= 11 is 0. The topological polar surface area (TPSA) is 47.5 Å². The van der Waals surface area contributed by atoms with Gasteiger partial charge in [0.05, 0.1) is 19.8 Å². The van der Waals surface area contributed by atoms with Gasteiger partial charge in [-0.1, -0.05) is 6.07 Å². The maximum Gasteiger partial charge on any atom is 0.171 e. The highest BCUT2D eigenvalue weighted by Gasteiger charge is 2.23. The predicted octanol–water partition coefficient (Wildman–Crippen LogP) is 2.98. The van der Waals surface area contributed by atoms with E-state index in [0.717, 1.165) is 48.8 Å². The van der Waals surface area contributed by atoms with Crippen molar-refractivity contribution in [1.29, 1.82) is 0 Å². The second-order valence-electron chi connectivity index (χ2n) is 5.86. The van der Waals surface area contributed by atoms with Gasteiger partial charge in [0.1, 0.15) is 0 Å². The molecular formula is C18H23N3O2. The summed E-state index contributed by atoms with van der Waals surface area (Å²) in [6.07, 6.45) is 6.00. The summed E-state index contributed by atoms with van der Waals surface area (Å²) in [6.45, 7) is 4.43. The molecule has 1 unspecified atom stereocenters. The van der Waals surface area contributed by atoms with Gasteiger partial charge in [-0.05, 0) is 43.5 Å². The van der Waals surface area contributed by atoms with Crippen molar-refractivity contribution in [2.24, 2.45) is 0 Å². The Morgan fingerprint density at radius 1 is 1.30 bits per heavy atom. The number of anilines is 1. The molecule has 3 heterocycles. The predicted molar refractivity (Wildman–Crippen MR) is 89.8 cm³/mol. The smallest absolute Gasteiger partial charge is 0.171 e. The number of piperidine rings is 1. The molecule has 0 aliphatic carbocycles. The minimum atomic E-state index is 0.205. The molecule has 2 aromatic rings. The second-order valence-corrected chi connectivity index (χ2v) is 5.86. The van der Waals surface area contributed by atoms with Crippen LogP contribution in [-0.4, -0.2) is 36.3 Å². The molecule has 1 aliphatic heterocycles. The van der Waals surface area contributed by atoms with E-state index in [1.165, 1.54) is 0 Å². The van der Waals surface area contributed by atoms with Crippen molar-refractivity contribution < 1.29 is 9.47 Å². The molecule has 0 spiro atoms. The number of aryl methyl sites for hydroxylation is 1. The first-order chi connectivity index (χ1) is 11.3. The van der Waals surface area contributed by atoms with E-state index in [9.17, 15) is 0 Å². The average Bonchev–Trinajstić information content (AvgIpc) is 2.61. The fraction of sp³-hybridized carbons (Fsp3) is 0.444. The van der Waals surface area contributed by atoms with E-state index in [1.54, 1.807) is 13.3 Å². The van der Waals surface area contributed by atoms with Crippen LogP contribution in [0.25, 0.3) is 0 Å². The van der Waals surface area contributed by atoms with E-state index in [2.05, 4.69) is 14.9 Å². The minimum Gasteiger partial charge on any atom is -0.493 e. The first-order valence-electron chi connectivity index (χ1n) is 8.03. The first-order valence-corrected chi connectivity index (χ1v) is 8.03. The molecule has 0 saturated carbocycles. The number of aromatic nitrogens is 2. The van der Waals surface area contributed by atoms with Gasteiger partial charge in [-0.25, -0.2) is 4.98 Å². The van der Waals surface area contributed by atoms with E-state index < -0.39 is 0 Å². The maximum atomic E-state index is 6.07. The number of methoxy groups -OCH3 is 1. The van der Waals surface area contributed by atoms with Gasteiger partial charge in [0.15, 0.2) is 11.6 Å². The van der Waals surface area contributed by atoms with Crippen LogP contribution < -0.4 is 9.64 Å². The Labute approximate surface area is 137 Å². The Kier molecular flexibility index (Phi) is 5.08. The Morgan fingerprint density at radius 2 is 2.22 bits per heavy atom. The van der Waals surface area contributed by atoms with Gasteiger partial charge in [0, 0.05) is 31.2 Å². The number of hydrogen-bond acceptors (Lipinski definition) is 5. The quantitative estimate of drug-likeness (QED) is 0.849. The van der Waals surface area contributed by atoms with Gasteiger partial charge in [-0.2, -0.15) is 0 Å². The molecule has 0 radical (unpaired) electrons. The largest absolute Gasteiger partial charge is 0.493 e. The molecule has 1 fully saturated rings. The third kappa shape index (κ3) is 3.99. The molecule has 5 heteroatoms. The van der Waals surface area contributed by atoms with E-state index >= 15 is 0 Å². The number of nitrogens with zero attached hydrogens (tertiary/aromatic N) is 3. The molecule has 122 valence electrons. The normalized spacial score (nSPS) is 18.0. The highest BCUT2D eigenvalue weighted by Crippen LogP contribution is 2.29. The van der Waals surface area contributed by atoms with Crippen molar-refractivity contribution in [2.75, 3.05) is 25.1 Å². The Balaban J connectivity index is 1.65. The van der Waals surface area contributed by atoms with Gasteiger partial charge in [-0.3, -0.25) is 4.98 Å². The Hall–Kier alpha value is -2.14. The molecule has 23 heavy (non-hydrogen) atoms. The van der Waals surface area contributed by atoms with Gasteiger partial charge >= 0.3 is 0 Å². The SMILES string of the molecule is COc1ccc(C)nc1N1CCCC(OCc2cccnc2)C1. The van der Waals surface area contributed by atoms with Crippen LogP contribution in [0.15, 0.2) is 36.7 Å². The monoisotopic (exact) mass is 313 g/mol. The zero-order chi connectivity index (χ0) is 16.1. The molecule has 1 atom stereocenters. The van der Waals surface area contributed by atoms with Crippen LogP contribution in [0.3, 0.4) is 0 Å². The van der Waals surface area contributed by atoms with Crippen LogP contribution in [0.4, 0.5) is 5.82 Å². The molecule has 0 N–H and O–H groups in total. The summed E-state index contributed by atoms with van der Waals surface area (Å²) in [5, 5.41) is 0. The summed E-state index contributed by atoms with van der Waals surface area (Å²) in [6, 6.07) is 7.94. The van der Waals surface area contributed by atoms with E-state index in [1.807, 2.05) is 37.4 Å². The van der Waals surface area contributed by atoms with Gasteiger partial charge in [-0.15, -0.1) is 0 Å². The van der Waals surface area contributed by atoms with Gasteiger partial charge < -0.3 is 14.4 Å². The molecule has 0 aromatic carbocycles. The molecule has 5 nitrogen and oxygen atoms in total. The molecule has 1 saturated heterocycles. The third-order valence-corrected chi connectivity index (χ3v) is 4.08. The number of rotatable bonds is 5. The van der Waals surface area contributed by atoms with Crippen molar-refractivity contribution in [3.05, 3.63) is 47.9 Å². The fourth-order valence-corrected chi connectivity index (χ4v) is 2.88. The van der Waals surface area contributed by atoms with Crippen molar-refractivity contribution >= 4 is 5.82 Å². The van der Waals surface area contributed by atoms with Crippen LogP contribution in [0.1, 0.15) is 24.1 Å². The molecule has 3 rings (SSSR count). The molecule has 0 amide bonds. The lowest BCUT2D eigenvalue weighted by Crippen LogP contribution is -2.40. The number of hydrogen-bond donors (Lipinski definition) is 0. The summed E-state index contributed by atoms with van der Waals surface area (Å²) in [5.41, 5.74) is 2.11. The highest BCUT2D eigenvalue weighted by atomic mass is 16.5. The molecule has 1 aliphatic rings. The van der Waals surface area contributed by atoms with E-state index in [0.29, 0.717) is 6.61 Å². The zero-order valence-corrected chi connectivity index (χ0v) is 13.7. The van der Waals surface area contributed by atoms with E-state index in [4.69, 9.17) is 9.47 Å². The first kappa shape index (κ1) is 15.7. The van der Waals surface area contributed by atoms with Crippen molar-refractivity contribution in [1.82, 2.24) is 9.97 Å². The Morgan fingerprint density at radius 3 is 3.00 bits per heavy atom. The standard InChI is InChI=1S/C18H23N3O2/c1-14-7-8-17(22-2)18(20-14)21-10-4-6-16(12-21)23-13-15-5-3-9-19-11-15/h3,5,7-9,11,16H,4,6,10,12-13H2,1-2H3. The van der Waals surface area contributed by atoms with Crippen LogP contribution >= 0.6 is 0 Å². The van der Waals surface area contributed by atoms with Crippen LogP contribution in [0, 0.1) is 6.92 Å². The van der Waals surface area contributed by atoms with Gasteiger partial charge in [0.25, 0.3) is 0 Å². The maximum absolute atomic E-state index is 6.07. The minimum absolute atomic E-state index is 0.205. The van der Waals surface area contributed by atoms with Crippen molar-refractivity contribution in [3.8, 4) is 5.75 Å². The summed E-state index contributed by atoms with van der Waals surface area (Å²) in [4.78, 5) is 11.0. The molecule has 0 bridgehead atoms. The summed E-state index contributed by atoms with van der Waals surface area (Å²) in [7, 11) is 1.69. The molecular weight excluding hydrogens is 290 g/mol. The summed E-state index contributed by atoms with van der Waals surface area (Å²) in [5.74, 6) is 1.74. The number of pyridine rings is 2. The lowest BCUT2D eigenvalue weighted by atomic mass is 10.1. The van der Waals surface area contributed by atoms with Crippen molar-refractivity contribution in [3.63, 3.8) is 0 Å². The Bertz CT molecular complexity index is 633. The lowest BCUT2D eigenvalue weighted by Gasteiger charge is -2.34. The van der Waals surface area contributed by atoms with Crippen molar-refractivity contribution in [2.45, 2.75) is 32.5 Å². The summed E-state index contributed by atoms with van der Waals surface area (Å²) < 4.78 is 11.5. The highest BCUT2D eigenvalue weighted by molar-refractivity contribution is 5.53. The molecule has 2 aromatic heterocycles. The van der Waals surface area contributed by atoms with Crippen LogP contribution in [-0.2, 0) is 11.3 Å². The number of ether oxygens (including phenoxy) is 2. The fourth-order valence-electron chi connectivity index (χ4n) is 2.88. The van der Waals surface area contributed by atoms with Crippen LogP contribution in [0.5, 0.6) is 5.75 Å². The average molecular weight is 313 g/mol. The third-order valence-electron chi connectivity index (χ3n) is 4.08. The van der Waals surface area contributed by atoms with Crippen LogP contribution in [0.2, 0.25) is 0 Å². The second kappa shape index (κ2) is 7.42. The van der Waals surface area contributed by atoms with E-state index in [-0.39, 0.29) is 6.10 Å². The van der Waals surface area contributed by atoms with Gasteiger partial charge in [0.2, 0.25) is 0 Å². The zero-order valence-electron chi connectivity index (χ0n) is 13.7. The lowest BCUT2D eigenvalue weighted by molar-refractivity contribution is 0.0312.